The second-order valence-corrected chi connectivity index (χ2v) is 8.95. The van der Waals surface area contributed by atoms with Gasteiger partial charge in [0.1, 0.15) is 11.4 Å². The Morgan fingerprint density at radius 1 is 1.06 bits per heavy atom. The largest absolute Gasteiger partial charge is 0.416 e. The van der Waals surface area contributed by atoms with E-state index in [1.807, 2.05) is 0 Å². The van der Waals surface area contributed by atoms with Crippen LogP contribution in [0.15, 0.2) is 53.8 Å². The number of aromatic nitrogens is 7. The van der Waals surface area contributed by atoms with Crippen molar-refractivity contribution in [2.45, 2.75) is 18.0 Å². The summed E-state index contributed by atoms with van der Waals surface area (Å²) in [6.07, 6.45) is -0.357. The van der Waals surface area contributed by atoms with Crippen LogP contribution in [0.25, 0.3) is 28.9 Å². The molecule has 13 heteroatoms. The normalized spacial score (nSPS) is 12.3. The number of alkyl halides is 3. The van der Waals surface area contributed by atoms with Gasteiger partial charge in [-0.3, -0.25) is 4.98 Å². The predicted octanol–water partition coefficient (Wildman–Crippen LogP) is 2.94. The molecule has 0 aliphatic heterocycles. The lowest BCUT2D eigenvalue weighted by Crippen LogP contribution is -2.11. The van der Waals surface area contributed by atoms with Crippen molar-refractivity contribution in [3.63, 3.8) is 0 Å². The molecule has 0 N–H and O–H groups in total. The van der Waals surface area contributed by atoms with Crippen LogP contribution in [-0.4, -0.2) is 48.7 Å². The lowest BCUT2D eigenvalue weighted by atomic mass is 10.2. The van der Waals surface area contributed by atoms with E-state index >= 15 is 0 Å². The minimum Gasteiger partial charge on any atom is -0.307 e. The van der Waals surface area contributed by atoms with E-state index in [9.17, 15) is 21.6 Å². The molecule has 9 nitrogen and oxygen atoms in total. The molecule has 0 spiro atoms. The lowest BCUT2D eigenvalue weighted by Gasteiger charge is -2.11. The fourth-order valence-corrected chi connectivity index (χ4v) is 4.04. The first-order valence-corrected chi connectivity index (χ1v) is 10.9. The topological polar surface area (TPSA) is 108 Å². The third-order valence-electron chi connectivity index (χ3n) is 4.70. The zero-order valence-electron chi connectivity index (χ0n) is 16.8. The first-order valence-electron chi connectivity index (χ1n) is 9.29. The molecule has 0 saturated carbocycles. The molecule has 0 bridgehead atoms. The summed E-state index contributed by atoms with van der Waals surface area (Å²) in [6.45, 7) is 1.50. The Morgan fingerprint density at radius 2 is 1.81 bits per heavy atom. The average molecular weight is 463 g/mol. The second kappa shape index (κ2) is 7.82. The first kappa shape index (κ1) is 21.6. The van der Waals surface area contributed by atoms with E-state index in [1.54, 1.807) is 12.3 Å². The third kappa shape index (κ3) is 3.86. The van der Waals surface area contributed by atoms with Crippen LogP contribution in [0, 0.1) is 0 Å². The Labute approximate surface area is 180 Å². The molecular formula is C19H16F3N7O2S. The van der Waals surface area contributed by atoms with E-state index in [1.165, 1.54) is 41.5 Å². The van der Waals surface area contributed by atoms with Crippen molar-refractivity contribution in [1.82, 2.24) is 34.5 Å². The van der Waals surface area contributed by atoms with Gasteiger partial charge in [-0.25, -0.2) is 18.1 Å². The third-order valence-corrected chi connectivity index (χ3v) is 6.46. The Morgan fingerprint density at radius 3 is 2.47 bits per heavy atom. The Bertz CT molecular complexity index is 1380. The Hall–Kier alpha value is -3.61. The maximum absolute atomic E-state index is 13.1. The molecule has 0 fully saturated rings. The van der Waals surface area contributed by atoms with E-state index in [0.717, 1.165) is 18.3 Å². The summed E-state index contributed by atoms with van der Waals surface area (Å²) < 4.78 is 67.5. The van der Waals surface area contributed by atoms with Crippen LogP contribution in [0.4, 0.5) is 13.2 Å². The minimum atomic E-state index is -4.55. The molecule has 0 unspecified atom stereocenters. The molecule has 4 aromatic heterocycles. The highest BCUT2D eigenvalue weighted by molar-refractivity contribution is 7.91. The van der Waals surface area contributed by atoms with Crippen molar-refractivity contribution >= 4 is 9.84 Å². The molecule has 0 aliphatic rings. The van der Waals surface area contributed by atoms with Crippen LogP contribution in [0.3, 0.4) is 0 Å². The number of sulfone groups is 1. The highest BCUT2D eigenvalue weighted by Gasteiger charge is 2.31. The van der Waals surface area contributed by atoms with Gasteiger partial charge < -0.3 is 4.57 Å². The van der Waals surface area contributed by atoms with Crippen molar-refractivity contribution in [2.75, 3.05) is 5.75 Å². The van der Waals surface area contributed by atoms with Gasteiger partial charge in [0, 0.05) is 25.6 Å². The van der Waals surface area contributed by atoms with Gasteiger partial charge in [-0.1, -0.05) is 6.92 Å². The Balaban J connectivity index is 1.89. The van der Waals surface area contributed by atoms with Gasteiger partial charge in [0.2, 0.25) is 0 Å². The highest BCUT2D eigenvalue weighted by Crippen LogP contribution is 2.32. The summed E-state index contributed by atoms with van der Waals surface area (Å²) in [6, 6.07) is 6.28. The van der Waals surface area contributed by atoms with E-state index in [4.69, 9.17) is 0 Å². The van der Waals surface area contributed by atoms with Crippen molar-refractivity contribution in [2.24, 2.45) is 7.05 Å². The number of hydrogen-bond acceptors (Lipinski definition) is 7. The summed E-state index contributed by atoms with van der Waals surface area (Å²) in [5, 5.41) is 12.1. The molecule has 4 aromatic rings. The number of rotatable bonds is 5. The molecule has 0 aliphatic carbocycles. The van der Waals surface area contributed by atoms with Gasteiger partial charge in [0.25, 0.3) is 0 Å². The predicted molar refractivity (Wildman–Crippen MR) is 107 cm³/mol. The van der Waals surface area contributed by atoms with Gasteiger partial charge in [-0.2, -0.15) is 18.3 Å². The molecule has 0 atom stereocenters. The van der Waals surface area contributed by atoms with Crippen LogP contribution in [0.5, 0.6) is 0 Å². The van der Waals surface area contributed by atoms with Crippen molar-refractivity contribution in [1.29, 1.82) is 0 Å². The molecular weight excluding hydrogens is 447 g/mol. The minimum absolute atomic E-state index is 0.00748. The Kier molecular flexibility index (Phi) is 5.28. The number of halogens is 3. The zero-order chi connectivity index (χ0) is 23.1. The number of hydrogen-bond donors (Lipinski definition) is 0. The molecule has 4 heterocycles. The van der Waals surface area contributed by atoms with Gasteiger partial charge >= 0.3 is 6.18 Å². The second-order valence-electron chi connectivity index (χ2n) is 6.70. The molecule has 0 saturated heterocycles. The van der Waals surface area contributed by atoms with Gasteiger partial charge in [-0.05, 0) is 30.3 Å². The molecule has 4 rings (SSSR count). The molecule has 0 aromatic carbocycles. The van der Waals surface area contributed by atoms with Crippen LogP contribution in [-0.2, 0) is 23.1 Å². The summed E-state index contributed by atoms with van der Waals surface area (Å²) in [5.41, 5.74) is -0.947. The monoisotopic (exact) mass is 463 g/mol. The van der Waals surface area contributed by atoms with Crippen LogP contribution < -0.4 is 0 Å². The smallest absolute Gasteiger partial charge is 0.307 e. The van der Waals surface area contributed by atoms with Crippen LogP contribution in [0.1, 0.15) is 12.5 Å². The molecule has 166 valence electrons. The quantitative estimate of drug-likeness (QED) is 0.448. The number of pyridine rings is 2. The van der Waals surface area contributed by atoms with E-state index in [-0.39, 0.29) is 33.7 Å². The molecule has 0 amide bonds. The molecule has 0 radical (unpaired) electrons. The van der Waals surface area contributed by atoms with E-state index < -0.39 is 21.6 Å². The zero-order valence-corrected chi connectivity index (χ0v) is 17.6. The summed E-state index contributed by atoms with van der Waals surface area (Å²) in [7, 11) is -2.20. The standard InChI is InChI=1S/C19H16F3N7O2S/c1-3-32(30,31)14-5-6-15(29-10-4-8-24-29)25-16(14)18-27-26-17(28(18)2)13-11-12(7-9-23-13)19(20,21)22/h4-11H,3H2,1-2H3. The SMILES string of the molecule is CCS(=O)(=O)c1ccc(-n2cccn2)nc1-c1nnc(-c2cc(C(F)(F)F)ccn2)n1C. The van der Waals surface area contributed by atoms with E-state index in [0.29, 0.717) is 5.82 Å². The maximum Gasteiger partial charge on any atom is 0.416 e. The van der Waals surface area contributed by atoms with Crippen molar-refractivity contribution < 1.29 is 21.6 Å². The highest BCUT2D eigenvalue weighted by atomic mass is 32.2. The average Bonchev–Trinajstić information content (AvgIpc) is 3.43. The lowest BCUT2D eigenvalue weighted by molar-refractivity contribution is -0.137. The fourth-order valence-electron chi connectivity index (χ4n) is 3.02. The molecule has 32 heavy (non-hydrogen) atoms. The number of nitrogens with zero attached hydrogens (tertiary/aromatic N) is 7. The van der Waals surface area contributed by atoms with E-state index in [2.05, 4.69) is 25.3 Å². The summed E-state index contributed by atoms with van der Waals surface area (Å²) >= 11 is 0. The van der Waals surface area contributed by atoms with Crippen LogP contribution in [0.2, 0.25) is 0 Å². The van der Waals surface area contributed by atoms with Gasteiger partial charge in [0.05, 0.1) is 16.2 Å². The fraction of sp³-hybridized carbons (Fsp3) is 0.211. The van der Waals surface area contributed by atoms with Crippen LogP contribution >= 0.6 is 0 Å². The summed E-state index contributed by atoms with van der Waals surface area (Å²) in [4.78, 5) is 8.31. The van der Waals surface area contributed by atoms with Crippen molar-refractivity contribution in [3.05, 3.63) is 54.5 Å². The van der Waals surface area contributed by atoms with Crippen molar-refractivity contribution in [3.8, 4) is 28.9 Å². The maximum atomic E-state index is 13.1. The summed E-state index contributed by atoms with van der Waals surface area (Å²) in [5.74, 6) is 0.238. The first-order chi connectivity index (χ1) is 15.1. The van der Waals surface area contributed by atoms with Gasteiger partial charge in [0.15, 0.2) is 27.3 Å². The van der Waals surface area contributed by atoms with Gasteiger partial charge in [-0.15, -0.1) is 10.2 Å².